The molecule has 0 aromatic heterocycles. The van der Waals surface area contributed by atoms with Crippen molar-refractivity contribution in [2.45, 2.75) is 36.3 Å². The first-order valence-electron chi connectivity index (χ1n) is 10.0. The van der Waals surface area contributed by atoms with Crippen LogP contribution in [0.25, 0.3) is 0 Å². The third-order valence-corrected chi connectivity index (χ3v) is 8.05. The molecule has 2 aliphatic heterocycles. The van der Waals surface area contributed by atoms with Crippen LogP contribution in [0.4, 0.5) is 0 Å². The van der Waals surface area contributed by atoms with Gasteiger partial charge in [-0.2, -0.15) is 0 Å². The second-order valence-corrected chi connectivity index (χ2v) is 11.5. The Balaban J connectivity index is 1.71. The van der Waals surface area contributed by atoms with E-state index in [-0.39, 0.29) is 5.78 Å². The Labute approximate surface area is 193 Å². The van der Waals surface area contributed by atoms with Crippen molar-refractivity contribution < 1.29 is 9.53 Å². The molecule has 2 heterocycles. The fraction of sp³-hybridized carbons (Fsp3) is 0.435. The van der Waals surface area contributed by atoms with Gasteiger partial charge < -0.3 is 9.64 Å². The molecule has 0 unspecified atom stereocenters. The number of piperidine rings is 1. The van der Waals surface area contributed by atoms with Gasteiger partial charge in [0.05, 0.1) is 10.0 Å². The maximum atomic E-state index is 13.9. The molecule has 6 heteroatoms. The molecule has 0 saturated carbocycles. The van der Waals surface area contributed by atoms with E-state index in [4.69, 9.17) is 4.74 Å². The zero-order chi connectivity index (χ0) is 20.6. The maximum Gasteiger partial charge on any atom is 0.187 e. The van der Waals surface area contributed by atoms with Gasteiger partial charge in [0.25, 0.3) is 0 Å². The average molecular weight is 539 g/mol. The summed E-state index contributed by atoms with van der Waals surface area (Å²) in [5.41, 5.74) is 1.87. The average Bonchev–Trinajstić information content (AvgIpc) is 2.67. The number of Topliss-reactive ketones (excluding diaryl/α,β-unsaturated/α-hetero) is 1. The van der Waals surface area contributed by atoms with Crippen LogP contribution in [0.15, 0.2) is 50.2 Å². The zero-order valence-corrected chi connectivity index (χ0v) is 20.7. The van der Waals surface area contributed by atoms with E-state index >= 15 is 0 Å². The van der Waals surface area contributed by atoms with Crippen molar-refractivity contribution in [3.63, 3.8) is 0 Å². The van der Waals surface area contributed by atoms with Crippen molar-refractivity contribution in [3.8, 4) is 5.75 Å². The van der Waals surface area contributed by atoms with Gasteiger partial charge in [0.2, 0.25) is 0 Å². The number of carbonyl (C=O) groups is 1. The van der Waals surface area contributed by atoms with Crippen molar-refractivity contribution in [2.24, 2.45) is 5.92 Å². The summed E-state index contributed by atoms with van der Waals surface area (Å²) in [4.78, 5) is 17.5. The normalized spacial score (nSPS) is 24.8. The first-order chi connectivity index (χ1) is 13.9. The summed E-state index contributed by atoms with van der Waals surface area (Å²) in [6, 6.07) is 12.3. The van der Waals surface area contributed by atoms with Gasteiger partial charge in [-0.1, -0.05) is 40.5 Å². The Morgan fingerprint density at radius 1 is 1.24 bits per heavy atom. The molecule has 2 aliphatic rings. The topological polar surface area (TPSA) is 29.5 Å². The van der Waals surface area contributed by atoms with Crippen LogP contribution in [0.3, 0.4) is 0 Å². The van der Waals surface area contributed by atoms with Crippen LogP contribution < -0.4 is 4.74 Å². The number of ketones is 1. The van der Waals surface area contributed by atoms with E-state index in [1.54, 1.807) is 11.8 Å². The SMILES string of the molecule is Cc1ccc(S[C@]2(CN3CCC[C@H](C)C3)COc3c(Br)cc(Br)cc3C2=O)cc1. The lowest BCUT2D eigenvalue weighted by molar-refractivity contribution is 0.0785. The van der Waals surface area contributed by atoms with Crippen LogP contribution in [0, 0.1) is 12.8 Å². The molecule has 0 bridgehead atoms. The van der Waals surface area contributed by atoms with Crippen molar-refractivity contribution in [2.75, 3.05) is 26.2 Å². The quantitative estimate of drug-likeness (QED) is 0.453. The van der Waals surface area contributed by atoms with Crippen LogP contribution in [-0.2, 0) is 0 Å². The third kappa shape index (κ3) is 4.60. The van der Waals surface area contributed by atoms with Gasteiger partial charge in [-0.05, 0) is 72.4 Å². The molecule has 1 fully saturated rings. The van der Waals surface area contributed by atoms with E-state index in [0.29, 0.717) is 30.4 Å². The molecule has 3 nitrogen and oxygen atoms in total. The van der Waals surface area contributed by atoms with Gasteiger partial charge >= 0.3 is 0 Å². The molecule has 0 amide bonds. The Kier molecular flexibility index (Phi) is 6.45. The van der Waals surface area contributed by atoms with E-state index in [0.717, 1.165) is 26.9 Å². The third-order valence-electron chi connectivity index (χ3n) is 5.67. The number of hydrogen-bond donors (Lipinski definition) is 0. The highest BCUT2D eigenvalue weighted by Gasteiger charge is 2.47. The predicted octanol–water partition coefficient (Wildman–Crippen LogP) is 6.36. The molecule has 4 rings (SSSR count). The summed E-state index contributed by atoms with van der Waals surface area (Å²) < 4.78 is 7.26. The van der Waals surface area contributed by atoms with Crippen LogP contribution in [0.1, 0.15) is 35.7 Å². The van der Waals surface area contributed by atoms with Gasteiger partial charge in [0, 0.05) is 22.5 Å². The van der Waals surface area contributed by atoms with E-state index in [9.17, 15) is 4.79 Å². The summed E-state index contributed by atoms with van der Waals surface area (Å²) in [6.07, 6.45) is 2.46. The molecule has 1 saturated heterocycles. The molecular formula is C23H25Br2NO2S. The summed E-state index contributed by atoms with van der Waals surface area (Å²) in [5, 5.41) is 0. The van der Waals surface area contributed by atoms with E-state index in [1.807, 2.05) is 12.1 Å². The number of nitrogens with zero attached hydrogens (tertiary/aromatic N) is 1. The highest BCUT2D eigenvalue weighted by Crippen LogP contribution is 2.45. The van der Waals surface area contributed by atoms with Crippen LogP contribution >= 0.6 is 43.6 Å². The van der Waals surface area contributed by atoms with Crippen LogP contribution in [0.2, 0.25) is 0 Å². The number of likely N-dealkylation sites (tertiary alicyclic amines) is 1. The number of hydrogen-bond acceptors (Lipinski definition) is 4. The number of benzene rings is 2. The standard InChI is InChI=1S/C23H25Br2NO2S/c1-15-5-7-18(8-6-15)29-23(13-26-9-3-4-16(2)12-26)14-28-21-19(22(23)27)10-17(24)11-20(21)25/h5-8,10-11,16H,3-4,9,12-14H2,1-2H3/t16-,23+/m0/s1. The van der Waals surface area contributed by atoms with Gasteiger partial charge in [0.1, 0.15) is 17.1 Å². The summed E-state index contributed by atoms with van der Waals surface area (Å²) in [6.45, 7) is 7.55. The molecule has 0 radical (unpaired) electrons. The first-order valence-corrected chi connectivity index (χ1v) is 12.4. The van der Waals surface area contributed by atoms with Crippen molar-refractivity contribution in [1.82, 2.24) is 4.90 Å². The Bertz CT molecular complexity index is 918. The zero-order valence-electron chi connectivity index (χ0n) is 16.7. The highest BCUT2D eigenvalue weighted by molar-refractivity contribution is 9.11. The molecule has 2 atom stereocenters. The van der Waals surface area contributed by atoms with Crippen LogP contribution in [0.5, 0.6) is 5.75 Å². The largest absolute Gasteiger partial charge is 0.490 e. The monoisotopic (exact) mass is 537 g/mol. The highest BCUT2D eigenvalue weighted by atomic mass is 79.9. The number of halogens is 2. The van der Waals surface area contributed by atoms with Crippen molar-refractivity contribution >= 4 is 49.4 Å². The summed E-state index contributed by atoms with van der Waals surface area (Å²) >= 11 is 8.74. The number of ether oxygens (including phenoxy) is 1. The second kappa shape index (κ2) is 8.74. The van der Waals surface area contributed by atoms with Crippen molar-refractivity contribution in [3.05, 3.63) is 56.5 Å². The van der Waals surface area contributed by atoms with Gasteiger partial charge in [-0.15, -0.1) is 11.8 Å². The first kappa shape index (κ1) is 21.4. The number of aryl methyl sites for hydroxylation is 1. The summed E-state index contributed by atoms with van der Waals surface area (Å²) in [5.74, 6) is 1.48. The molecular weight excluding hydrogens is 514 g/mol. The van der Waals surface area contributed by atoms with Gasteiger partial charge in [0.15, 0.2) is 5.78 Å². The number of rotatable bonds is 4. The molecule has 29 heavy (non-hydrogen) atoms. The van der Waals surface area contributed by atoms with Gasteiger partial charge in [-0.3, -0.25) is 4.79 Å². The molecule has 0 spiro atoms. The van der Waals surface area contributed by atoms with Crippen LogP contribution in [-0.4, -0.2) is 41.7 Å². The Hall–Kier alpha value is -0.820. The van der Waals surface area contributed by atoms with E-state index in [1.165, 1.54) is 18.4 Å². The number of thioether (sulfide) groups is 1. The lowest BCUT2D eigenvalue weighted by atomic mass is 9.92. The fourth-order valence-corrected chi connectivity index (χ4v) is 6.86. The lowest BCUT2D eigenvalue weighted by Crippen LogP contribution is -2.54. The van der Waals surface area contributed by atoms with Gasteiger partial charge in [-0.25, -0.2) is 0 Å². The molecule has 2 aromatic rings. The van der Waals surface area contributed by atoms with E-state index < -0.39 is 4.75 Å². The minimum absolute atomic E-state index is 0.157. The smallest absolute Gasteiger partial charge is 0.187 e. The number of fused-ring (bicyclic) bond motifs is 1. The minimum atomic E-state index is -0.653. The molecule has 0 N–H and O–H groups in total. The van der Waals surface area contributed by atoms with Crippen molar-refractivity contribution in [1.29, 1.82) is 0 Å². The molecule has 0 aliphatic carbocycles. The fourth-order valence-electron chi connectivity index (χ4n) is 4.22. The number of carbonyl (C=O) groups excluding carboxylic acids is 1. The molecule has 154 valence electrons. The second-order valence-electron chi connectivity index (χ2n) is 8.27. The summed E-state index contributed by atoms with van der Waals surface area (Å²) in [7, 11) is 0. The minimum Gasteiger partial charge on any atom is -0.490 e. The van der Waals surface area contributed by atoms with E-state index in [2.05, 4.69) is 74.9 Å². The Morgan fingerprint density at radius 3 is 2.72 bits per heavy atom. The lowest BCUT2D eigenvalue weighted by Gasteiger charge is -2.41. The molecule has 2 aromatic carbocycles. The Morgan fingerprint density at radius 2 is 2.00 bits per heavy atom. The predicted molar refractivity (Wildman–Crippen MR) is 126 cm³/mol. The maximum absolute atomic E-state index is 13.9.